The number of aliphatic hydroxyl groups is 1. The summed E-state index contributed by atoms with van der Waals surface area (Å²) in [6, 6.07) is 2.12. The summed E-state index contributed by atoms with van der Waals surface area (Å²) in [6.07, 6.45) is -6.03. The van der Waals surface area contributed by atoms with Gasteiger partial charge in [-0.2, -0.15) is 13.2 Å². The van der Waals surface area contributed by atoms with Crippen LogP contribution in [0.2, 0.25) is 0 Å². The Morgan fingerprint density at radius 2 is 2.14 bits per heavy atom. The number of halogens is 3. The van der Waals surface area contributed by atoms with Crippen molar-refractivity contribution in [3.63, 3.8) is 0 Å². The quantitative estimate of drug-likeness (QED) is 0.802. The number of methoxy groups -OCH3 is 1. The van der Waals surface area contributed by atoms with Crippen LogP contribution in [0.25, 0.3) is 0 Å². The van der Waals surface area contributed by atoms with Crippen molar-refractivity contribution in [2.45, 2.75) is 12.3 Å². The number of hydrogen-bond acceptors (Lipinski definition) is 3. The van der Waals surface area contributed by atoms with Crippen LogP contribution in [0.1, 0.15) is 11.7 Å². The van der Waals surface area contributed by atoms with Crippen LogP contribution in [-0.4, -0.2) is 23.4 Å². The lowest BCUT2D eigenvalue weighted by Crippen LogP contribution is -2.20. The SMILES string of the molecule is COc1cc([C@@H](O)C(F)(F)F)ccn1. The van der Waals surface area contributed by atoms with Gasteiger partial charge in [-0.15, -0.1) is 0 Å². The number of rotatable bonds is 2. The van der Waals surface area contributed by atoms with Crippen LogP contribution in [0.15, 0.2) is 18.3 Å². The van der Waals surface area contributed by atoms with Gasteiger partial charge in [0, 0.05) is 12.3 Å². The molecule has 1 atom stereocenters. The van der Waals surface area contributed by atoms with Crippen molar-refractivity contribution in [2.75, 3.05) is 7.11 Å². The highest BCUT2D eigenvalue weighted by atomic mass is 19.4. The standard InChI is InChI=1S/C8H8F3NO2/c1-14-6-4-5(2-3-12-6)7(13)8(9,10)11/h2-4,7,13H,1H3/t7-/m1/s1. The second kappa shape index (κ2) is 3.83. The molecule has 0 aliphatic heterocycles. The second-order valence-electron chi connectivity index (χ2n) is 2.58. The van der Waals surface area contributed by atoms with Crippen LogP contribution in [0.3, 0.4) is 0 Å². The Bertz CT molecular complexity index is 314. The third-order valence-corrected chi connectivity index (χ3v) is 1.59. The number of aliphatic hydroxyl groups excluding tert-OH is 1. The van der Waals surface area contributed by atoms with Gasteiger partial charge in [0.15, 0.2) is 6.10 Å². The number of hydrogen-bond donors (Lipinski definition) is 1. The van der Waals surface area contributed by atoms with Crippen molar-refractivity contribution in [3.8, 4) is 5.88 Å². The van der Waals surface area contributed by atoms with Crippen LogP contribution < -0.4 is 4.74 Å². The molecule has 0 spiro atoms. The molecule has 1 aromatic heterocycles. The van der Waals surface area contributed by atoms with Gasteiger partial charge < -0.3 is 9.84 Å². The maximum atomic E-state index is 12.1. The van der Waals surface area contributed by atoms with Crippen LogP contribution in [0.5, 0.6) is 5.88 Å². The molecule has 3 nitrogen and oxygen atoms in total. The lowest BCUT2D eigenvalue weighted by Gasteiger charge is -2.14. The van der Waals surface area contributed by atoms with Gasteiger partial charge in [-0.3, -0.25) is 0 Å². The molecule has 78 valence electrons. The summed E-state index contributed by atoms with van der Waals surface area (Å²) in [5.74, 6) is 0.0331. The molecule has 0 aliphatic carbocycles. The van der Waals surface area contributed by atoms with Crippen LogP contribution >= 0.6 is 0 Å². The first-order valence-electron chi connectivity index (χ1n) is 3.70. The highest BCUT2D eigenvalue weighted by Crippen LogP contribution is 2.32. The van der Waals surface area contributed by atoms with Gasteiger partial charge >= 0.3 is 6.18 Å². The second-order valence-corrected chi connectivity index (χ2v) is 2.58. The zero-order chi connectivity index (χ0) is 10.8. The summed E-state index contributed by atoms with van der Waals surface area (Å²) in [5, 5.41) is 8.87. The molecule has 0 bridgehead atoms. The molecular formula is C8H8F3NO2. The van der Waals surface area contributed by atoms with E-state index in [1.165, 1.54) is 7.11 Å². The number of nitrogens with zero attached hydrogens (tertiary/aromatic N) is 1. The molecule has 0 radical (unpaired) electrons. The van der Waals surface area contributed by atoms with Crippen molar-refractivity contribution in [1.29, 1.82) is 0 Å². The van der Waals surface area contributed by atoms with E-state index in [4.69, 9.17) is 5.11 Å². The van der Waals surface area contributed by atoms with Crippen LogP contribution in [0.4, 0.5) is 13.2 Å². The zero-order valence-electron chi connectivity index (χ0n) is 7.25. The summed E-state index contributed by atoms with van der Waals surface area (Å²) in [6.45, 7) is 0. The monoisotopic (exact) mass is 207 g/mol. The maximum Gasteiger partial charge on any atom is 0.418 e. The molecule has 0 saturated heterocycles. The molecule has 0 unspecified atom stereocenters. The highest BCUT2D eigenvalue weighted by molar-refractivity contribution is 5.23. The van der Waals surface area contributed by atoms with Crippen LogP contribution in [0, 0.1) is 0 Å². The number of alkyl halides is 3. The minimum atomic E-state index is -4.67. The lowest BCUT2D eigenvalue weighted by molar-refractivity contribution is -0.206. The van der Waals surface area contributed by atoms with E-state index in [0.29, 0.717) is 0 Å². The van der Waals surface area contributed by atoms with Gasteiger partial charge in [0.1, 0.15) is 0 Å². The minimum absolute atomic E-state index is 0.0331. The first-order chi connectivity index (χ1) is 6.45. The molecule has 1 aromatic rings. The molecule has 6 heteroatoms. The largest absolute Gasteiger partial charge is 0.481 e. The van der Waals surface area contributed by atoms with Gasteiger partial charge in [0.25, 0.3) is 0 Å². The van der Waals surface area contributed by atoms with Crippen molar-refractivity contribution < 1.29 is 23.0 Å². The average molecular weight is 207 g/mol. The Hall–Kier alpha value is -1.30. The molecule has 0 aromatic carbocycles. The Labute approximate surface area is 78.2 Å². The lowest BCUT2D eigenvalue weighted by atomic mass is 10.1. The van der Waals surface area contributed by atoms with E-state index in [9.17, 15) is 13.2 Å². The predicted molar refractivity (Wildman–Crippen MR) is 41.8 cm³/mol. The fraction of sp³-hybridized carbons (Fsp3) is 0.375. The van der Waals surface area contributed by atoms with Crippen molar-refractivity contribution in [1.82, 2.24) is 4.98 Å². The fourth-order valence-corrected chi connectivity index (χ4v) is 0.895. The van der Waals surface area contributed by atoms with E-state index in [1.54, 1.807) is 0 Å². The average Bonchev–Trinajstić information content (AvgIpc) is 2.15. The Balaban J connectivity index is 2.95. The molecule has 0 fully saturated rings. The smallest absolute Gasteiger partial charge is 0.418 e. The van der Waals surface area contributed by atoms with Gasteiger partial charge in [0.2, 0.25) is 5.88 Å². The summed E-state index contributed by atoms with van der Waals surface area (Å²) < 4.78 is 40.8. The Kier molecular flexibility index (Phi) is 2.95. The summed E-state index contributed by atoms with van der Waals surface area (Å²) in [7, 11) is 1.28. The molecule has 1 rings (SSSR count). The molecular weight excluding hydrogens is 199 g/mol. The molecule has 0 saturated carbocycles. The number of ether oxygens (including phenoxy) is 1. The molecule has 14 heavy (non-hydrogen) atoms. The predicted octanol–water partition coefficient (Wildman–Crippen LogP) is 1.69. The minimum Gasteiger partial charge on any atom is -0.481 e. The highest BCUT2D eigenvalue weighted by Gasteiger charge is 2.39. The van der Waals surface area contributed by atoms with Gasteiger partial charge in [-0.05, 0) is 11.6 Å². The summed E-state index contributed by atoms with van der Waals surface area (Å²) in [5.41, 5.74) is -0.288. The normalized spacial score (nSPS) is 13.8. The molecule has 1 N–H and O–H groups in total. The van der Waals surface area contributed by atoms with E-state index in [0.717, 1.165) is 18.3 Å². The third-order valence-electron chi connectivity index (χ3n) is 1.59. The van der Waals surface area contributed by atoms with Crippen molar-refractivity contribution in [2.24, 2.45) is 0 Å². The van der Waals surface area contributed by atoms with Crippen molar-refractivity contribution in [3.05, 3.63) is 23.9 Å². The number of pyridine rings is 1. The molecule has 1 heterocycles. The zero-order valence-corrected chi connectivity index (χ0v) is 7.25. The van der Waals surface area contributed by atoms with E-state index in [2.05, 4.69) is 9.72 Å². The fourth-order valence-electron chi connectivity index (χ4n) is 0.895. The van der Waals surface area contributed by atoms with E-state index < -0.39 is 12.3 Å². The van der Waals surface area contributed by atoms with Crippen molar-refractivity contribution >= 4 is 0 Å². The number of aromatic nitrogens is 1. The van der Waals surface area contributed by atoms with Gasteiger partial charge in [0.05, 0.1) is 7.11 Å². The Morgan fingerprint density at radius 3 is 2.64 bits per heavy atom. The first-order valence-corrected chi connectivity index (χ1v) is 3.70. The first kappa shape index (κ1) is 10.8. The van der Waals surface area contributed by atoms with E-state index >= 15 is 0 Å². The van der Waals surface area contributed by atoms with Crippen LogP contribution in [-0.2, 0) is 0 Å². The topological polar surface area (TPSA) is 42.4 Å². The van der Waals surface area contributed by atoms with Gasteiger partial charge in [-0.25, -0.2) is 4.98 Å². The summed E-state index contributed by atoms with van der Waals surface area (Å²) >= 11 is 0. The van der Waals surface area contributed by atoms with E-state index in [-0.39, 0.29) is 11.4 Å². The van der Waals surface area contributed by atoms with E-state index in [1.807, 2.05) is 0 Å². The maximum absolute atomic E-state index is 12.1. The third kappa shape index (κ3) is 2.35. The Morgan fingerprint density at radius 1 is 1.50 bits per heavy atom. The van der Waals surface area contributed by atoms with Gasteiger partial charge in [-0.1, -0.05) is 0 Å². The summed E-state index contributed by atoms with van der Waals surface area (Å²) in [4.78, 5) is 3.62. The molecule has 0 amide bonds. The molecule has 0 aliphatic rings.